The van der Waals surface area contributed by atoms with E-state index in [0.717, 1.165) is 31.8 Å². The highest BCUT2D eigenvalue weighted by molar-refractivity contribution is 5.98. The van der Waals surface area contributed by atoms with Gasteiger partial charge in [-0.25, -0.2) is 9.59 Å². The number of rotatable bonds is 14. The molecule has 0 unspecified atom stereocenters. The maximum absolute atomic E-state index is 14.3. The second-order valence-electron chi connectivity index (χ2n) is 16.1. The van der Waals surface area contributed by atoms with Crippen molar-refractivity contribution in [1.29, 1.82) is 0 Å². The first-order valence-electron chi connectivity index (χ1n) is 19.2. The zero-order chi connectivity index (χ0) is 40.4. The molecule has 3 aliphatic carbocycles. The number of halogens is 3. The highest BCUT2D eigenvalue weighted by Gasteiger charge is 2.64. The summed E-state index contributed by atoms with van der Waals surface area (Å²) in [5.41, 5.74) is 0.0406. The Labute approximate surface area is 322 Å². The van der Waals surface area contributed by atoms with Crippen molar-refractivity contribution in [2.45, 2.75) is 127 Å². The van der Waals surface area contributed by atoms with Crippen LogP contribution in [0.5, 0.6) is 0 Å². The Hall–Kier alpha value is -4.28. The van der Waals surface area contributed by atoms with Gasteiger partial charge in [0, 0.05) is 42.9 Å². The van der Waals surface area contributed by atoms with Crippen LogP contribution < -0.4 is 5.32 Å². The number of alkyl halides is 3. The first kappa shape index (κ1) is 41.4. The molecule has 1 aromatic carbocycles. The molecule has 2 N–H and O–H groups in total. The predicted molar refractivity (Wildman–Crippen MR) is 191 cm³/mol. The molecule has 2 saturated heterocycles. The summed E-state index contributed by atoms with van der Waals surface area (Å²) in [5, 5.41) is 12.8. The predicted octanol–water partition coefficient (Wildman–Crippen LogP) is 4.55. The summed E-state index contributed by atoms with van der Waals surface area (Å²) in [4.78, 5) is 66.9. The molecule has 5 aliphatic rings. The van der Waals surface area contributed by atoms with Gasteiger partial charge in [-0.05, 0) is 95.6 Å². The number of hydrogen-bond donors (Lipinski definition) is 2. The molecule has 0 bridgehead atoms. The van der Waals surface area contributed by atoms with Gasteiger partial charge >= 0.3 is 24.1 Å². The summed E-state index contributed by atoms with van der Waals surface area (Å²) in [7, 11) is 0. The molecular formula is C40H49F3N2O11. The number of amides is 2. The minimum absolute atomic E-state index is 0.0160. The SMILES string of the molecule is CC(C)(C)OC(=O)CC[C@@H](CO)NC(=O)[C@H]1CCCN1C(=O)C1=C[C@H]2OC(C3CC3)(C3CC3)O[C@H]2[C@H](OC(=O)c2cccc(C=CC(=O)OCC(F)(F)F)c2)C1. The van der Waals surface area contributed by atoms with Crippen LogP contribution in [0.3, 0.4) is 0 Å². The average molecular weight is 791 g/mol. The lowest BCUT2D eigenvalue weighted by atomic mass is 9.91. The molecule has 13 nitrogen and oxygen atoms in total. The monoisotopic (exact) mass is 790 g/mol. The van der Waals surface area contributed by atoms with Crippen LogP contribution in [0.15, 0.2) is 42.0 Å². The molecule has 2 aliphatic heterocycles. The number of hydrogen-bond acceptors (Lipinski definition) is 11. The van der Waals surface area contributed by atoms with Gasteiger partial charge in [-0.1, -0.05) is 12.1 Å². The summed E-state index contributed by atoms with van der Waals surface area (Å²) in [6.45, 7) is 3.40. The number of fused-ring (bicyclic) bond motifs is 1. The van der Waals surface area contributed by atoms with Crippen molar-refractivity contribution >= 4 is 35.8 Å². The van der Waals surface area contributed by atoms with E-state index in [1.807, 2.05) is 0 Å². The summed E-state index contributed by atoms with van der Waals surface area (Å²) >= 11 is 0. The van der Waals surface area contributed by atoms with Crippen molar-refractivity contribution in [2.24, 2.45) is 11.8 Å². The minimum Gasteiger partial charge on any atom is -0.460 e. The lowest BCUT2D eigenvalue weighted by Gasteiger charge is -2.33. The van der Waals surface area contributed by atoms with E-state index in [2.05, 4.69) is 10.1 Å². The Balaban J connectivity index is 1.15. The molecule has 2 saturated carbocycles. The van der Waals surface area contributed by atoms with Crippen molar-refractivity contribution < 1.29 is 65.9 Å². The average Bonchev–Trinajstić information content (AvgIpc) is 4.08. The van der Waals surface area contributed by atoms with Crippen LogP contribution in [0, 0.1) is 11.8 Å². The smallest absolute Gasteiger partial charge is 0.422 e. The van der Waals surface area contributed by atoms with Gasteiger partial charge in [0.25, 0.3) is 0 Å². The number of carbonyl (C=O) groups excluding carboxylic acids is 5. The van der Waals surface area contributed by atoms with Crippen molar-refractivity contribution in [3.8, 4) is 0 Å². The van der Waals surface area contributed by atoms with Crippen LogP contribution in [0.2, 0.25) is 0 Å². The molecular weight excluding hydrogens is 741 g/mol. The van der Waals surface area contributed by atoms with Crippen molar-refractivity contribution in [1.82, 2.24) is 10.2 Å². The normalized spacial score (nSPS) is 25.3. The van der Waals surface area contributed by atoms with Crippen LogP contribution in [0.4, 0.5) is 13.2 Å². The second kappa shape index (κ2) is 16.7. The molecule has 2 heterocycles. The summed E-state index contributed by atoms with van der Waals surface area (Å²) in [5.74, 6) is -3.79. The highest BCUT2D eigenvalue weighted by atomic mass is 19.4. The number of carbonyl (C=O) groups is 5. The number of nitrogens with zero attached hydrogens (tertiary/aromatic N) is 1. The zero-order valence-electron chi connectivity index (χ0n) is 31.7. The highest BCUT2D eigenvalue weighted by Crippen LogP contribution is 2.59. The van der Waals surface area contributed by atoms with E-state index >= 15 is 0 Å². The number of aliphatic hydroxyl groups excluding tert-OH is 1. The number of ether oxygens (including phenoxy) is 5. The Morgan fingerprint density at radius 1 is 1.05 bits per heavy atom. The Morgan fingerprint density at radius 2 is 1.77 bits per heavy atom. The Morgan fingerprint density at radius 3 is 2.41 bits per heavy atom. The number of benzene rings is 1. The van der Waals surface area contributed by atoms with Crippen LogP contribution >= 0.6 is 0 Å². The van der Waals surface area contributed by atoms with Gasteiger partial charge in [0.1, 0.15) is 30.0 Å². The van der Waals surface area contributed by atoms with Crippen molar-refractivity contribution in [3.05, 3.63) is 53.1 Å². The van der Waals surface area contributed by atoms with Gasteiger partial charge in [-0.2, -0.15) is 13.2 Å². The van der Waals surface area contributed by atoms with Crippen LogP contribution in [-0.2, 0) is 42.9 Å². The van der Waals surface area contributed by atoms with Crippen molar-refractivity contribution in [2.75, 3.05) is 19.8 Å². The number of esters is 3. The molecule has 0 radical (unpaired) electrons. The third-order valence-corrected chi connectivity index (χ3v) is 10.4. The molecule has 56 heavy (non-hydrogen) atoms. The lowest BCUT2D eigenvalue weighted by molar-refractivity contribution is -0.209. The first-order valence-corrected chi connectivity index (χ1v) is 19.2. The molecule has 2 amide bonds. The van der Waals surface area contributed by atoms with E-state index in [1.54, 1.807) is 32.9 Å². The molecule has 4 fully saturated rings. The molecule has 0 aromatic heterocycles. The molecule has 306 valence electrons. The lowest BCUT2D eigenvalue weighted by Crippen LogP contribution is -2.51. The van der Waals surface area contributed by atoms with E-state index < -0.39 is 90.9 Å². The molecule has 0 spiro atoms. The van der Waals surface area contributed by atoms with Crippen molar-refractivity contribution in [3.63, 3.8) is 0 Å². The van der Waals surface area contributed by atoms with Gasteiger partial charge < -0.3 is 39.0 Å². The minimum atomic E-state index is -4.67. The quantitative estimate of drug-likeness (QED) is 0.154. The fraction of sp³-hybridized carbons (Fsp3) is 0.625. The first-order chi connectivity index (χ1) is 26.4. The van der Waals surface area contributed by atoms with Crippen LogP contribution in [0.25, 0.3) is 6.08 Å². The second-order valence-corrected chi connectivity index (χ2v) is 16.1. The van der Waals surface area contributed by atoms with E-state index in [4.69, 9.17) is 18.9 Å². The van der Waals surface area contributed by atoms with Gasteiger partial charge in [0.05, 0.1) is 18.2 Å². The van der Waals surface area contributed by atoms with Gasteiger partial charge in [0.2, 0.25) is 11.8 Å². The molecule has 1 aromatic rings. The fourth-order valence-corrected chi connectivity index (χ4v) is 7.56. The molecule has 5 atom stereocenters. The third kappa shape index (κ3) is 10.4. The fourth-order valence-electron chi connectivity index (χ4n) is 7.56. The Bertz CT molecular complexity index is 1720. The number of likely N-dealkylation sites (tertiary alicyclic amines) is 1. The molecule has 6 rings (SSSR count). The standard InChI is InChI=1S/C40H49F3N2O11/c1-38(2,3)55-33(48)16-14-28(21-46)44-35(49)29-8-5-17-45(29)36(50)25-19-30(34-31(20-25)54-40(56-34,26-10-11-26)27-12-13-27)53-37(51)24-7-4-6-23(18-24)9-15-32(47)52-22-39(41,42)43/h4,6-7,9,15,18,20,26-31,34,46H,5,8,10-14,16-17,19,21-22H2,1-3H3,(H,44,49)/t28-,29+,30+,31+,34-/m0/s1. The summed E-state index contributed by atoms with van der Waals surface area (Å²) in [6, 6.07) is 4.38. The third-order valence-electron chi connectivity index (χ3n) is 10.4. The topological polar surface area (TPSA) is 167 Å². The number of nitrogens with one attached hydrogen (secondary N) is 1. The largest absolute Gasteiger partial charge is 0.460 e. The van der Waals surface area contributed by atoms with Gasteiger partial charge in [-0.3, -0.25) is 14.4 Å². The summed E-state index contributed by atoms with van der Waals surface area (Å²) in [6.07, 6.45) is 1.48. The Kier molecular flexibility index (Phi) is 12.3. The van der Waals surface area contributed by atoms with Crippen LogP contribution in [0.1, 0.15) is 94.5 Å². The molecule has 16 heteroatoms. The van der Waals surface area contributed by atoms with Crippen LogP contribution in [-0.4, -0.2) is 107 Å². The zero-order valence-corrected chi connectivity index (χ0v) is 31.7. The maximum Gasteiger partial charge on any atom is 0.422 e. The van der Waals surface area contributed by atoms with E-state index in [1.165, 1.54) is 29.2 Å². The van der Waals surface area contributed by atoms with E-state index in [-0.39, 0.29) is 36.7 Å². The maximum atomic E-state index is 14.3. The van der Waals surface area contributed by atoms with E-state index in [0.29, 0.717) is 30.5 Å². The summed E-state index contributed by atoms with van der Waals surface area (Å²) < 4.78 is 66.2. The van der Waals surface area contributed by atoms with E-state index in [9.17, 15) is 42.3 Å². The number of aliphatic hydroxyl groups is 1. The van der Waals surface area contributed by atoms with Gasteiger partial charge in [0.15, 0.2) is 12.4 Å². The van der Waals surface area contributed by atoms with Gasteiger partial charge in [-0.15, -0.1) is 0 Å².